The molecule has 1 aliphatic heterocycles. The fourth-order valence-corrected chi connectivity index (χ4v) is 3.45. The molecule has 7 nitrogen and oxygen atoms in total. The van der Waals surface area contributed by atoms with E-state index in [1.807, 2.05) is 38.4 Å². The van der Waals surface area contributed by atoms with Gasteiger partial charge in [0.05, 0.1) is 36.3 Å². The summed E-state index contributed by atoms with van der Waals surface area (Å²) in [5, 5.41) is 0. The van der Waals surface area contributed by atoms with Crippen LogP contribution in [0.2, 0.25) is 0 Å². The van der Waals surface area contributed by atoms with Crippen molar-refractivity contribution in [1.82, 2.24) is 24.8 Å². The van der Waals surface area contributed by atoms with E-state index in [2.05, 4.69) is 24.8 Å². The highest BCUT2D eigenvalue weighted by atomic mass is 16.5. The number of methoxy groups -OCH3 is 1. The zero-order valence-electron chi connectivity index (χ0n) is 15.3. The van der Waals surface area contributed by atoms with Crippen molar-refractivity contribution in [3.63, 3.8) is 0 Å². The molecule has 4 heterocycles. The Bertz CT molecular complexity index is 854. The summed E-state index contributed by atoms with van der Waals surface area (Å²) in [6, 6.07) is 4.08. The molecule has 1 aliphatic rings. The Morgan fingerprint density at radius 2 is 2.23 bits per heavy atom. The van der Waals surface area contributed by atoms with Crippen LogP contribution in [0.1, 0.15) is 35.6 Å². The quantitative estimate of drug-likeness (QED) is 0.759. The molecular weight excluding hydrogens is 330 g/mol. The Labute approximate surface area is 152 Å². The number of oxazole rings is 1. The Balaban J connectivity index is 1.57. The first-order chi connectivity index (χ1) is 12.6. The molecule has 2 atom stereocenters. The van der Waals surface area contributed by atoms with Crippen molar-refractivity contribution >= 4 is 0 Å². The first kappa shape index (κ1) is 16.9. The summed E-state index contributed by atoms with van der Waals surface area (Å²) in [6.45, 7) is 5.37. The van der Waals surface area contributed by atoms with Gasteiger partial charge in [-0.15, -0.1) is 0 Å². The van der Waals surface area contributed by atoms with Crippen molar-refractivity contribution in [2.75, 3.05) is 13.7 Å². The van der Waals surface area contributed by atoms with Crippen LogP contribution in [0, 0.1) is 13.8 Å². The lowest BCUT2D eigenvalue weighted by molar-refractivity contribution is 0.106. The SMILES string of the molecule is CO[C@@H]1C[C@@H](c2ncc(-c3cccnc3)[nH]2)N(Cc2nc(C)c(C)o2)C1. The van der Waals surface area contributed by atoms with Gasteiger partial charge < -0.3 is 14.1 Å². The van der Waals surface area contributed by atoms with Crippen LogP contribution in [0.4, 0.5) is 0 Å². The number of hydrogen-bond acceptors (Lipinski definition) is 6. The first-order valence-electron chi connectivity index (χ1n) is 8.79. The molecule has 0 saturated carbocycles. The fraction of sp³-hybridized carbons (Fsp3) is 0.421. The maximum Gasteiger partial charge on any atom is 0.208 e. The second-order valence-electron chi connectivity index (χ2n) is 6.71. The topological polar surface area (TPSA) is 80.1 Å². The zero-order valence-corrected chi connectivity index (χ0v) is 15.3. The Hall–Kier alpha value is -2.51. The summed E-state index contributed by atoms with van der Waals surface area (Å²) < 4.78 is 11.4. The maximum atomic E-state index is 5.77. The number of hydrogen-bond donors (Lipinski definition) is 1. The number of imidazole rings is 1. The minimum Gasteiger partial charge on any atom is -0.444 e. The third-order valence-corrected chi connectivity index (χ3v) is 4.99. The summed E-state index contributed by atoms with van der Waals surface area (Å²) >= 11 is 0. The average molecular weight is 353 g/mol. The van der Waals surface area contributed by atoms with E-state index in [0.29, 0.717) is 6.54 Å². The van der Waals surface area contributed by atoms with Gasteiger partial charge in [-0.05, 0) is 32.4 Å². The third-order valence-electron chi connectivity index (χ3n) is 4.99. The summed E-state index contributed by atoms with van der Waals surface area (Å²) in [5.41, 5.74) is 2.94. The number of aromatic amines is 1. The average Bonchev–Trinajstić information content (AvgIpc) is 3.35. The third kappa shape index (κ3) is 3.27. The molecule has 1 saturated heterocycles. The summed E-state index contributed by atoms with van der Waals surface area (Å²) in [7, 11) is 1.76. The number of nitrogens with zero attached hydrogens (tertiary/aromatic N) is 4. The fourth-order valence-electron chi connectivity index (χ4n) is 3.45. The van der Waals surface area contributed by atoms with Crippen molar-refractivity contribution in [3.05, 3.63) is 53.9 Å². The minimum absolute atomic E-state index is 0.137. The lowest BCUT2D eigenvalue weighted by Crippen LogP contribution is -2.25. The second-order valence-corrected chi connectivity index (χ2v) is 6.71. The van der Waals surface area contributed by atoms with E-state index < -0.39 is 0 Å². The molecule has 7 heteroatoms. The van der Waals surface area contributed by atoms with Gasteiger partial charge in [-0.2, -0.15) is 0 Å². The van der Waals surface area contributed by atoms with E-state index in [0.717, 1.165) is 47.4 Å². The van der Waals surface area contributed by atoms with Crippen LogP contribution < -0.4 is 0 Å². The highest BCUT2D eigenvalue weighted by molar-refractivity contribution is 5.56. The number of rotatable bonds is 5. The van der Waals surface area contributed by atoms with Gasteiger partial charge in [0.1, 0.15) is 11.6 Å². The summed E-state index contributed by atoms with van der Waals surface area (Å²) in [6.07, 6.45) is 6.52. The van der Waals surface area contributed by atoms with Gasteiger partial charge in [-0.25, -0.2) is 9.97 Å². The molecule has 0 aromatic carbocycles. The minimum atomic E-state index is 0.137. The van der Waals surface area contributed by atoms with E-state index in [-0.39, 0.29) is 12.1 Å². The Morgan fingerprint density at radius 1 is 1.35 bits per heavy atom. The number of nitrogens with one attached hydrogen (secondary N) is 1. The van der Waals surface area contributed by atoms with Gasteiger partial charge in [0.2, 0.25) is 5.89 Å². The van der Waals surface area contributed by atoms with Crippen molar-refractivity contribution in [2.45, 2.75) is 39.0 Å². The predicted molar refractivity (Wildman–Crippen MR) is 96.4 cm³/mol. The number of ether oxygens (including phenoxy) is 1. The van der Waals surface area contributed by atoms with Crippen molar-refractivity contribution < 1.29 is 9.15 Å². The molecule has 0 spiro atoms. The maximum absolute atomic E-state index is 5.77. The van der Waals surface area contributed by atoms with E-state index in [9.17, 15) is 0 Å². The van der Waals surface area contributed by atoms with Gasteiger partial charge in [-0.1, -0.05) is 0 Å². The van der Waals surface area contributed by atoms with E-state index >= 15 is 0 Å². The number of aryl methyl sites for hydroxylation is 2. The highest BCUT2D eigenvalue weighted by Gasteiger charge is 2.35. The van der Waals surface area contributed by atoms with Crippen LogP contribution in [-0.4, -0.2) is 44.6 Å². The zero-order chi connectivity index (χ0) is 18.1. The van der Waals surface area contributed by atoms with Gasteiger partial charge in [0.15, 0.2) is 0 Å². The van der Waals surface area contributed by atoms with E-state index in [1.165, 1.54) is 0 Å². The molecule has 0 amide bonds. The van der Waals surface area contributed by atoms with Crippen LogP contribution in [0.15, 0.2) is 35.1 Å². The van der Waals surface area contributed by atoms with Crippen LogP contribution in [-0.2, 0) is 11.3 Å². The van der Waals surface area contributed by atoms with Gasteiger partial charge >= 0.3 is 0 Å². The summed E-state index contributed by atoms with van der Waals surface area (Å²) in [5.74, 6) is 2.54. The molecular formula is C19H23N5O2. The summed E-state index contributed by atoms with van der Waals surface area (Å²) in [4.78, 5) is 19.1. The molecule has 3 aromatic heterocycles. The molecule has 1 N–H and O–H groups in total. The number of H-pyrrole nitrogens is 1. The van der Waals surface area contributed by atoms with Gasteiger partial charge in [0.25, 0.3) is 0 Å². The van der Waals surface area contributed by atoms with Crippen LogP contribution >= 0.6 is 0 Å². The molecule has 0 radical (unpaired) electrons. The van der Waals surface area contributed by atoms with Gasteiger partial charge in [-0.3, -0.25) is 9.88 Å². The largest absolute Gasteiger partial charge is 0.444 e. The van der Waals surface area contributed by atoms with Crippen molar-refractivity contribution in [1.29, 1.82) is 0 Å². The smallest absolute Gasteiger partial charge is 0.208 e. The van der Waals surface area contributed by atoms with E-state index in [4.69, 9.17) is 9.15 Å². The van der Waals surface area contributed by atoms with Crippen LogP contribution in [0.25, 0.3) is 11.3 Å². The molecule has 4 rings (SSSR count). The van der Waals surface area contributed by atoms with Crippen LogP contribution in [0.5, 0.6) is 0 Å². The normalized spacial score (nSPS) is 20.7. The molecule has 0 unspecified atom stereocenters. The molecule has 0 aliphatic carbocycles. The molecule has 3 aromatic rings. The van der Waals surface area contributed by atoms with E-state index in [1.54, 1.807) is 13.3 Å². The van der Waals surface area contributed by atoms with Crippen molar-refractivity contribution in [3.8, 4) is 11.3 Å². The van der Waals surface area contributed by atoms with Gasteiger partial charge in [0, 0.05) is 31.6 Å². The molecule has 0 bridgehead atoms. The lowest BCUT2D eigenvalue weighted by Gasteiger charge is -2.20. The molecule has 1 fully saturated rings. The molecule has 136 valence electrons. The number of aromatic nitrogens is 4. The Morgan fingerprint density at radius 3 is 2.92 bits per heavy atom. The number of likely N-dealkylation sites (tertiary alicyclic amines) is 1. The highest BCUT2D eigenvalue weighted by Crippen LogP contribution is 2.34. The second kappa shape index (κ2) is 7.01. The van der Waals surface area contributed by atoms with Crippen LogP contribution in [0.3, 0.4) is 0 Å². The Kier molecular flexibility index (Phi) is 4.57. The van der Waals surface area contributed by atoms with Crippen molar-refractivity contribution in [2.24, 2.45) is 0 Å². The monoisotopic (exact) mass is 353 g/mol. The number of pyridine rings is 1. The first-order valence-corrected chi connectivity index (χ1v) is 8.79. The lowest BCUT2D eigenvalue weighted by atomic mass is 10.2. The molecule has 26 heavy (non-hydrogen) atoms. The predicted octanol–water partition coefficient (Wildman–Crippen LogP) is 3.04. The standard InChI is InChI=1S/C19H23N5O2/c1-12-13(2)26-18(22-12)11-24-10-15(25-3)7-17(24)19-21-9-16(23-19)14-5-4-6-20-8-14/h4-6,8-9,15,17H,7,10-11H2,1-3H3,(H,21,23)/t15-,17+/m1/s1.